The lowest BCUT2D eigenvalue weighted by Crippen LogP contribution is -2.67. The van der Waals surface area contributed by atoms with Crippen molar-refractivity contribution >= 4 is 47.8 Å². The summed E-state index contributed by atoms with van der Waals surface area (Å²) in [6, 6.07) is 79.5. The SMILES string of the molecule is CC(=O)OC1[C@H](OC2[C@H](OCC3O[C@@H](OCC4O[C@@H](OC(C)=O)C(OC(C)=O)[C@@H](OC(C)=O)[C@H]4OC(C)=O)C(OC(=O)c4ccccc4)[C@@H](OC(=O)c4ccccc4)[C@H]3OC(=O)c3ccccc3)OC(COCc3ccccc3)[C@H](OCc3ccccc3)[C@@H]2OCc2ccccc2)OC(COCc2ccccc2)[C@H](OCc2ccccc2)[C@@H]1OCc1ccccc1. The molecule has 20 atom stereocenters. The first kappa shape index (κ1) is 91.9. The smallest absolute Gasteiger partial charge is 0.338 e. The Bertz CT molecular complexity index is 4900. The summed E-state index contributed by atoms with van der Waals surface area (Å²) in [6.07, 6.45) is -32.7. The molecular formula is C97H100O29. The van der Waals surface area contributed by atoms with Crippen molar-refractivity contribution in [3.05, 3.63) is 323 Å². The Hall–Kier alpha value is -11.8. The van der Waals surface area contributed by atoms with Gasteiger partial charge < -0.3 is 99.5 Å². The third-order valence-electron chi connectivity index (χ3n) is 20.7. The van der Waals surface area contributed by atoms with Crippen LogP contribution in [-0.2, 0) is 163 Å². The molecule has 4 aliphatic rings. The minimum atomic E-state index is -2.07. The van der Waals surface area contributed by atoms with E-state index in [0.29, 0.717) is 5.56 Å². The minimum Gasteiger partial charge on any atom is -0.456 e. The van der Waals surface area contributed by atoms with Gasteiger partial charge in [0.25, 0.3) is 0 Å². The number of rotatable bonds is 39. The summed E-state index contributed by atoms with van der Waals surface area (Å²) < 4.78 is 141. The molecule has 13 rings (SSSR count). The largest absolute Gasteiger partial charge is 0.456 e. The quantitative estimate of drug-likeness (QED) is 0.0255. The van der Waals surface area contributed by atoms with Crippen LogP contribution in [0.15, 0.2) is 273 Å². The first-order valence-corrected chi connectivity index (χ1v) is 41.3. The van der Waals surface area contributed by atoms with E-state index in [-0.39, 0.29) is 69.5 Å². The number of hydrogen-bond donors (Lipinski definition) is 0. The van der Waals surface area contributed by atoms with Crippen LogP contribution in [0.4, 0.5) is 0 Å². The molecule has 0 amide bonds. The third-order valence-corrected chi connectivity index (χ3v) is 20.7. The Morgan fingerprint density at radius 3 is 0.810 bits per heavy atom. The van der Waals surface area contributed by atoms with Crippen molar-refractivity contribution in [3.8, 4) is 0 Å². The predicted octanol–water partition coefficient (Wildman–Crippen LogP) is 12.0. The lowest BCUT2D eigenvalue weighted by molar-refractivity contribution is -0.384. The highest BCUT2D eigenvalue weighted by Gasteiger charge is 2.60. The molecule has 0 bridgehead atoms. The summed E-state index contributed by atoms with van der Waals surface area (Å²) in [5, 5.41) is 0. The van der Waals surface area contributed by atoms with Crippen LogP contribution in [0.25, 0.3) is 0 Å². The summed E-state index contributed by atoms with van der Waals surface area (Å²) in [5.74, 6) is -7.72. The Labute approximate surface area is 728 Å². The van der Waals surface area contributed by atoms with Crippen LogP contribution in [0, 0.1) is 0 Å². The first-order valence-electron chi connectivity index (χ1n) is 41.3. The van der Waals surface area contributed by atoms with Gasteiger partial charge in [-0.15, -0.1) is 0 Å². The van der Waals surface area contributed by atoms with Gasteiger partial charge in [-0.1, -0.05) is 237 Å². The summed E-state index contributed by atoms with van der Waals surface area (Å²) >= 11 is 0. The molecule has 29 heteroatoms. The van der Waals surface area contributed by atoms with Gasteiger partial charge in [0.2, 0.25) is 12.4 Å². The molecule has 4 saturated heterocycles. The normalized spacial score (nSPS) is 25.8. The molecule has 9 aromatic rings. The summed E-state index contributed by atoms with van der Waals surface area (Å²) in [5.41, 5.74) is 4.55. The monoisotopic (exact) mass is 1730 g/mol. The molecule has 662 valence electrons. The molecule has 4 aliphatic heterocycles. The van der Waals surface area contributed by atoms with Crippen molar-refractivity contribution in [3.63, 3.8) is 0 Å². The predicted molar refractivity (Wildman–Crippen MR) is 445 cm³/mol. The van der Waals surface area contributed by atoms with E-state index >= 15 is 14.4 Å². The molecule has 0 radical (unpaired) electrons. The van der Waals surface area contributed by atoms with Crippen molar-refractivity contribution in [2.75, 3.05) is 26.4 Å². The summed E-state index contributed by atoms with van der Waals surface area (Å²) in [4.78, 5) is 112. The summed E-state index contributed by atoms with van der Waals surface area (Å²) in [7, 11) is 0. The highest BCUT2D eigenvalue weighted by molar-refractivity contribution is 5.91. The topological polar surface area (TPSA) is 330 Å². The lowest BCUT2D eigenvalue weighted by atomic mass is 9.95. The standard InChI is InChI=1S/C97H100O29/c1-61(98)114-81-77(122-96(118-65(5)102)90(117-64(4)101)85(81)115-62(2)99)59-113-95-89(125-93(105)74-49-31-14-32-50-74)86(124-92(104)73-47-29-13-30-48-73)82(123-91(103)72-45-27-12-28-46-72)78(120-95)60-112-94-87(83(110-55-70-41-23-10-24-42-70)79(108-53-68-37-19-8-20-38-68)75(119-94)57-106-51-66-33-15-6-16-34-66)126-97-88(116-63(3)100)84(111-56-71-43-25-11-26-44-71)80(109-54-69-39-21-9-22-40-69)76(121-97)58-107-52-67-35-17-7-18-36-67/h6-50,75-90,94-97H,51-60H2,1-5H3/t75?,76?,77?,78?,79-,80-,81-,82-,83-,84-,85-,86-,87?,88?,89?,90?,94+,95+,96+,97-/m0/s1. The number of hydrogen-bond acceptors (Lipinski definition) is 29. The van der Waals surface area contributed by atoms with E-state index in [1.54, 1.807) is 54.6 Å². The van der Waals surface area contributed by atoms with Crippen molar-refractivity contribution in [1.82, 2.24) is 0 Å². The van der Waals surface area contributed by atoms with Crippen LogP contribution < -0.4 is 0 Å². The fourth-order valence-corrected chi connectivity index (χ4v) is 14.9. The first-order chi connectivity index (χ1) is 61.3. The Morgan fingerprint density at radius 2 is 0.452 bits per heavy atom. The average Bonchev–Trinajstić information content (AvgIpc) is 0.766. The molecule has 9 aromatic carbocycles. The molecule has 0 aromatic heterocycles. The van der Waals surface area contributed by atoms with E-state index in [1.165, 1.54) is 43.3 Å². The van der Waals surface area contributed by atoms with E-state index in [0.717, 1.165) is 55.5 Å². The highest BCUT2D eigenvalue weighted by Crippen LogP contribution is 2.40. The van der Waals surface area contributed by atoms with Gasteiger partial charge in [-0.2, -0.15) is 0 Å². The van der Waals surface area contributed by atoms with E-state index in [9.17, 15) is 24.0 Å². The number of carbonyl (C=O) groups is 8. The van der Waals surface area contributed by atoms with Gasteiger partial charge in [0.15, 0.2) is 55.5 Å². The van der Waals surface area contributed by atoms with Gasteiger partial charge in [-0.05, 0) is 69.8 Å². The number of benzene rings is 9. The van der Waals surface area contributed by atoms with Crippen LogP contribution in [0.1, 0.15) is 99.1 Å². The van der Waals surface area contributed by atoms with Gasteiger partial charge in [0, 0.05) is 34.6 Å². The zero-order valence-corrected chi connectivity index (χ0v) is 69.9. The average molecular weight is 1730 g/mol. The number of esters is 8. The molecule has 126 heavy (non-hydrogen) atoms. The Morgan fingerprint density at radius 1 is 0.214 bits per heavy atom. The van der Waals surface area contributed by atoms with Gasteiger partial charge >= 0.3 is 47.8 Å². The zero-order valence-electron chi connectivity index (χ0n) is 69.9. The van der Waals surface area contributed by atoms with Crippen LogP contribution in [0.3, 0.4) is 0 Å². The molecule has 0 saturated carbocycles. The summed E-state index contributed by atoms with van der Waals surface area (Å²) in [6.45, 7) is 3.26. The third kappa shape index (κ3) is 26.2. The van der Waals surface area contributed by atoms with E-state index in [2.05, 4.69) is 0 Å². The Balaban J connectivity index is 0.970. The fourth-order valence-electron chi connectivity index (χ4n) is 14.9. The molecule has 0 spiro atoms. The zero-order chi connectivity index (χ0) is 88.1. The van der Waals surface area contributed by atoms with Crippen LogP contribution in [-0.4, -0.2) is 197 Å². The van der Waals surface area contributed by atoms with Crippen LogP contribution in [0.2, 0.25) is 0 Å². The van der Waals surface area contributed by atoms with E-state index in [1.807, 2.05) is 182 Å². The maximum Gasteiger partial charge on any atom is 0.338 e. The lowest BCUT2D eigenvalue weighted by Gasteiger charge is -2.50. The number of carbonyl (C=O) groups excluding carboxylic acids is 8. The molecule has 4 heterocycles. The maximum absolute atomic E-state index is 15.2. The van der Waals surface area contributed by atoms with Crippen molar-refractivity contribution in [1.29, 1.82) is 0 Å². The van der Waals surface area contributed by atoms with Gasteiger partial charge in [-0.3, -0.25) is 24.0 Å². The molecule has 4 fully saturated rings. The second kappa shape index (κ2) is 46.4. The fraction of sp³-hybridized carbons (Fsp3) is 0.361. The van der Waals surface area contributed by atoms with Gasteiger partial charge in [0.1, 0.15) is 54.9 Å². The van der Waals surface area contributed by atoms with Crippen molar-refractivity contribution < 1.29 is 138 Å². The maximum atomic E-state index is 15.2. The van der Waals surface area contributed by atoms with E-state index < -0.39 is 184 Å². The van der Waals surface area contributed by atoms with Crippen LogP contribution >= 0.6 is 0 Å². The van der Waals surface area contributed by atoms with Crippen molar-refractivity contribution in [2.45, 2.75) is 197 Å². The minimum absolute atomic E-state index is 0.0103. The Kier molecular flexibility index (Phi) is 33.9. The molecule has 0 aliphatic carbocycles. The molecule has 8 unspecified atom stereocenters. The van der Waals surface area contributed by atoms with Crippen molar-refractivity contribution in [2.24, 2.45) is 0 Å². The van der Waals surface area contributed by atoms with Gasteiger partial charge in [0.05, 0.1) is 82.8 Å². The second-order valence-corrected chi connectivity index (χ2v) is 30.1. The number of ether oxygens (including phenoxy) is 21. The van der Waals surface area contributed by atoms with Gasteiger partial charge in [-0.25, -0.2) is 14.4 Å². The second-order valence-electron chi connectivity index (χ2n) is 30.1. The molecular weight excluding hydrogens is 1630 g/mol. The molecule has 0 N–H and O–H groups in total. The van der Waals surface area contributed by atoms with Crippen LogP contribution in [0.5, 0.6) is 0 Å². The van der Waals surface area contributed by atoms with E-state index in [4.69, 9.17) is 99.5 Å². The molecule has 29 nitrogen and oxygen atoms in total. The highest BCUT2D eigenvalue weighted by atomic mass is 16.8.